The van der Waals surface area contributed by atoms with Crippen LogP contribution in [0.15, 0.2) is 65.8 Å². The maximum Gasteiger partial charge on any atom is 0.271 e. The van der Waals surface area contributed by atoms with Gasteiger partial charge >= 0.3 is 0 Å². The molecule has 0 atom stereocenters. The van der Waals surface area contributed by atoms with Crippen molar-refractivity contribution in [2.45, 2.75) is 6.42 Å². The van der Waals surface area contributed by atoms with E-state index in [0.717, 1.165) is 12.0 Å². The zero-order chi connectivity index (χ0) is 19.5. The molecule has 0 saturated carbocycles. The molecule has 4 rings (SSSR count). The molecule has 0 bridgehead atoms. The van der Waals surface area contributed by atoms with E-state index < -0.39 is 0 Å². The number of hydrazone groups is 1. The van der Waals surface area contributed by atoms with Crippen molar-refractivity contribution in [2.24, 2.45) is 5.10 Å². The number of hydrogen-bond donors (Lipinski definition) is 1. The summed E-state index contributed by atoms with van der Waals surface area (Å²) in [4.78, 5) is 12.3. The van der Waals surface area contributed by atoms with Crippen LogP contribution in [0.3, 0.4) is 0 Å². The number of hydrogen-bond acceptors (Lipinski definition) is 4. The molecule has 140 valence electrons. The van der Waals surface area contributed by atoms with Crippen molar-refractivity contribution >= 4 is 12.1 Å². The monoisotopic (exact) mass is 372 g/mol. The lowest BCUT2D eigenvalue weighted by molar-refractivity contribution is 0.0954. The van der Waals surface area contributed by atoms with Gasteiger partial charge in [-0.05, 0) is 58.5 Å². The van der Waals surface area contributed by atoms with E-state index in [0.29, 0.717) is 17.1 Å². The first-order valence-corrected chi connectivity index (χ1v) is 8.96. The van der Waals surface area contributed by atoms with E-state index >= 15 is 0 Å². The predicted octanol–water partition coefficient (Wildman–Crippen LogP) is 4.04. The Labute approximate surface area is 163 Å². The summed E-state index contributed by atoms with van der Waals surface area (Å²) in [6, 6.07) is 19.6. The molecular weight excluding hydrogens is 352 g/mol. The molecule has 5 nitrogen and oxygen atoms in total. The zero-order valence-electron chi connectivity index (χ0n) is 15.7. The van der Waals surface area contributed by atoms with E-state index in [2.05, 4.69) is 46.9 Å². The summed E-state index contributed by atoms with van der Waals surface area (Å²) in [7, 11) is 3.08. The van der Waals surface area contributed by atoms with Crippen molar-refractivity contribution in [3.8, 4) is 22.6 Å². The standard InChI is InChI=1S/C23H20N2O3/c1-27-21-10-8-17(13-22(21)28-2)23(26)25-24-14-15-7-9-20-18(11-15)12-16-5-3-4-6-19(16)20/h3-11,13-14H,12H2,1-2H3,(H,25,26)/b24-14+. The lowest BCUT2D eigenvalue weighted by atomic mass is 10.0. The Bertz CT molecular complexity index is 1070. The molecule has 0 aliphatic heterocycles. The van der Waals surface area contributed by atoms with Gasteiger partial charge in [0.15, 0.2) is 11.5 Å². The van der Waals surface area contributed by atoms with Crippen molar-refractivity contribution < 1.29 is 14.3 Å². The summed E-state index contributed by atoms with van der Waals surface area (Å²) in [6.07, 6.45) is 2.58. The third kappa shape index (κ3) is 3.34. The molecule has 0 aromatic heterocycles. The number of nitrogens with zero attached hydrogens (tertiary/aromatic N) is 1. The molecule has 3 aromatic rings. The number of nitrogens with one attached hydrogen (secondary N) is 1. The van der Waals surface area contributed by atoms with Crippen molar-refractivity contribution in [2.75, 3.05) is 14.2 Å². The molecule has 1 amide bonds. The molecule has 5 heteroatoms. The maximum atomic E-state index is 12.3. The summed E-state index contributed by atoms with van der Waals surface area (Å²) in [5.74, 6) is 0.754. The van der Waals surface area contributed by atoms with Crippen LogP contribution in [0.5, 0.6) is 11.5 Å². The number of methoxy groups -OCH3 is 2. The lowest BCUT2D eigenvalue weighted by Crippen LogP contribution is -2.17. The van der Waals surface area contributed by atoms with Crippen LogP contribution in [0.2, 0.25) is 0 Å². The zero-order valence-corrected chi connectivity index (χ0v) is 15.7. The van der Waals surface area contributed by atoms with Crippen molar-refractivity contribution in [1.29, 1.82) is 0 Å². The minimum Gasteiger partial charge on any atom is -0.493 e. The van der Waals surface area contributed by atoms with Gasteiger partial charge in [-0.25, -0.2) is 5.43 Å². The van der Waals surface area contributed by atoms with Crippen LogP contribution in [0.25, 0.3) is 11.1 Å². The summed E-state index contributed by atoms with van der Waals surface area (Å²) in [5, 5.41) is 4.09. The van der Waals surface area contributed by atoms with Gasteiger partial charge in [-0.15, -0.1) is 0 Å². The first kappa shape index (κ1) is 17.8. The highest BCUT2D eigenvalue weighted by molar-refractivity contribution is 5.95. The molecule has 0 heterocycles. The smallest absolute Gasteiger partial charge is 0.271 e. The van der Waals surface area contributed by atoms with Crippen LogP contribution in [0.1, 0.15) is 27.0 Å². The summed E-state index contributed by atoms with van der Waals surface area (Å²) in [6.45, 7) is 0. The fourth-order valence-electron chi connectivity index (χ4n) is 3.45. The summed E-state index contributed by atoms with van der Waals surface area (Å²) < 4.78 is 10.4. The number of ether oxygens (including phenoxy) is 2. The van der Waals surface area contributed by atoms with Gasteiger partial charge in [0.05, 0.1) is 20.4 Å². The molecule has 0 unspecified atom stereocenters. The van der Waals surface area contributed by atoms with Gasteiger partial charge in [0.1, 0.15) is 0 Å². The lowest BCUT2D eigenvalue weighted by Gasteiger charge is -2.08. The fraction of sp³-hybridized carbons (Fsp3) is 0.130. The fourth-order valence-corrected chi connectivity index (χ4v) is 3.45. The molecular formula is C23H20N2O3. The molecule has 0 saturated heterocycles. The Morgan fingerprint density at radius 3 is 2.54 bits per heavy atom. The van der Waals surface area contributed by atoms with Gasteiger partial charge in [0, 0.05) is 5.56 Å². The normalized spacial score (nSPS) is 11.8. The SMILES string of the molecule is COc1ccc(C(=O)N/N=C/c2ccc3c(c2)Cc2ccccc2-3)cc1OC. The van der Waals surface area contributed by atoms with E-state index in [9.17, 15) is 4.79 Å². The van der Waals surface area contributed by atoms with Crippen LogP contribution in [0, 0.1) is 0 Å². The Hall–Kier alpha value is -3.60. The van der Waals surface area contributed by atoms with Crippen LogP contribution in [-0.2, 0) is 6.42 Å². The predicted molar refractivity (Wildman–Crippen MR) is 109 cm³/mol. The highest BCUT2D eigenvalue weighted by Gasteiger charge is 2.17. The second-order valence-corrected chi connectivity index (χ2v) is 6.52. The van der Waals surface area contributed by atoms with Gasteiger partial charge in [0.25, 0.3) is 5.91 Å². The van der Waals surface area contributed by atoms with Crippen molar-refractivity contribution in [3.05, 3.63) is 82.9 Å². The van der Waals surface area contributed by atoms with Gasteiger partial charge < -0.3 is 9.47 Å². The average molecular weight is 372 g/mol. The van der Waals surface area contributed by atoms with Crippen LogP contribution >= 0.6 is 0 Å². The first-order valence-electron chi connectivity index (χ1n) is 8.96. The quantitative estimate of drug-likeness (QED) is 0.425. The topological polar surface area (TPSA) is 59.9 Å². The van der Waals surface area contributed by atoms with Crippen LogP contribution < -0.4 is 14.9 Å². The van der Waals surface area contributed by atoms with Gasteiger partial charge in [-0.2, -0.15) is 5.10 Å². The number of carbonyl (C=O) groups is 1. The minimum atomic E-state index is -0.314. The molecule has 1 aliphatic rings. The first-order chi connectivity index (χ1) is 13.7. The second-order valence-electron chi connectivity index (χ2n) is 6.52. The largest absolute Gasteiger partial charge is 0.493 e. The van der Waals surface area contributed by atoms with E-state index in [1.54, 1.807) is 31.5 Å². The molecule has 0 radical (unpaired) electrons. The number of fused-ring (bicyclic) bond motifs is 3. The van der Waals surface area contributed by atoms with Crippen LogP contribution in [0.4, 0.5) is 0 Å². The van der Waals surface area contributed by atoms with E-state index in [-0.39, 0.29) is 5.91 Å². The van der Waals surface area contributed by atoms with E-state index in [1.165, 1.54) is 29.4 Å². The number of amides is 1. The number of carbonyl (C=O) groups excluding carboxylic acids is 1. The summed E-state index contributed by atoms with van der Waals surface area (Å²) in [5.41, 5.74) is 9.12. The van der Waals surface area contributed by atoms with Gasteiger partial charge in [-0.3, -0.25) is 4.79 Å². The number of rotatable bonds is 5. The highest BCUT2D eigenvalue weighted by atomic mass is 16.5. The molecule has 28 heavy (non-hydrogen) atoms. The van der Waals surface area contributed by atoms with Crippen LogP contribution in [-0.4, -0.2) is 26.3 Å². The van der Waals surface area contributed by atoms with Gasteiger partial charge in [0.2, 0.25) is 0 Å². The third-order valence-corrected chi connectivity index (χ3v) is 4.84. The Balaban J connectivity index is 1.46. The van der Waals surface area contributed by atoms with Crippen molar-refractivity contribution in [1.82, 2.24) is 5.43 Å². The second kappa shape index (κ2) is 7.56. The van der Waals surface area contributed by atoms with Gasteiger partial charge in [-0.1, -0.05) is 36.4 Å². The maximum absolute atomic E-state index is 12.3. The van der Waals surface area contributed by atoms with E-state index in [1.807, 2.05) is 6.07 Å². The average Bonchev–Trinajstić information content (AvgIpc) is 3.10. The van der Waals surface area contributed by atoms with E-state index in [4.69, 9.17) is 9.47 Å². The summed E-state index contributed by atoms with van der Waals surface area (Å²) >= 11 is 0. The molecule has 1 aliphatic carbocycles. The number of benzene rings is 3. The molecule has 3 aromatic carbocycles. The minimum absolute atomic E-state index is 0.314. The third-order valence-electron chi connectivity index (χ3n) is 4.84. The Morgan fingerprint density at radius 2 is 1.71 bits per heavy atom. The molecule has 0 spiro atoms. The highest BCUT2D eigenvalue weighted by Crippen LogP contribution is 2.36. The Kier molecular flexibility index (Phi) is 4.81. The molecule has 0 fully saturated rings. The Morgan fingerprint density at radius 1 is 0.929 bits per heavy atom. The molecule has 1 N–H and O–H groups in total. The van der Waals surface area contributed by atoms with Crippen molar-refractivity contribution in [3.63, 3.8) is 0 Å².